The summed E-state index contributed by atoms with van der Waals surface area (Å²) in [6, 6.07) is 11.7. The van der Waals surface area contributed by atoms with Crippen LogP contribution in [-0.2, 0) is 6.54 Å². The number of aryl methyl sites for hydroxylation is 1. The van der Waals surface area contributed by atoms with Crippen molar-refractivity contribution < 1.29 is 4.79 Å². The van der Waals surface area contributed by atoms with Crippen LogP contribution in [-0.4, -0.2) is 17.4 Å². The Balaban J connectivity index is 1.88. The van der Waals surface area contributed by atoms with Crippen molar-refractivity contribution in [2.75, 3.05) is 11.9 Å². The van der Waals surface area contributed by atoms with Crippen molar-refractivity contribution in [3.05, 3.63) is 59.4 Å². The molecule has 4 heteroatoms. The number of pyridine rings is 1. The van der Waals surface area contributed by atoms with Crippen molar-refractivity contribution >= 4 is 11.6 Å². The average Bonchev–Trinajstić information content (AvgIpc) is 2.55. The molecule has 0 fully saturated rings. The summed E-state index contributed by atoms with van der Waals surface area (Å²) in [4.78, 5) is 16.3. The van der Waals surface area contributed by atoms with Crippen molar-refractivity contribution in [1.29, 1.82) is 0 Å². The van der Waals surface area contributed by atoms with Gasteiger partial charge in [-0.25, -0.2) is 4.98 Å². The lowest BCUT2D eigenvalue weighted by Gasteiger charge is -2.08. The summed E-state index contributed by atoms with van der Waals surface area (Å²) >= 11 is 0. The van der Waals surface area contributed by atoms with E-state index >= 15 is 0 Å². The molecule has 0 spiro atoms. The van der Waals surface area contributed by atoms with Crippen LogP contribution in [0.15, 0.2) is 42.6 Å². The molecule has 0 atom stereocenters. The summed E-state index contributed by atoms with van der Waals surface area (Å²) in [6.45, 7) is 5.64. The lowest BCUT2D eigenvalue weighted by atomic mass is 10.1. The van der Waals surface area contributed by atoms with Crippen molar-refractivity contribution in [2.24, 2.45) is 0 Å². The third-order valence-electron chi connectivity index (χ3n) is 3.56. The number of carbonyl (C=O) groups excluding carboxylic acids is 1. The van der Waals surface area contributed by atoms with E-state index in [2.05, 4.69) is 22.5 Å². The second kappa shape index (κ2) is 8.17. The van der Waals surface area contributed by atoms with E-state index in [0.717, 1.165) is 30.6 Å². The van der Waals surface area contributed by atoms with E-state index in [1.165, 1.54) is 5.56 Å². The van der Waals surface area contributed by atoms with Gasteiger partial charge in [0.1, 0.15) is 5.69 Å². The molecular weight excluding hydrogens is 274 g/mol. The number of carbonyl (C=O) groups is 1. The fourth-order valence-corrected chi connectivity index (χ4v) is 2.12. The van der Waals surface area contributed by atoms with E-state index in [1.807, 2.05) is 37.3 Å². The van der Waals surface area contributed by atoms with Crippen LogP contribution in [0.4, 0.5) is 5.69 Å². The summed E-state index contributed by atoms with van der Waals surface area (Å²) in [5, 5.41) is 6.19. The van der Waals surface area contributed by atoms with Gasteiger partial charge in [-0.2, -0.15) is 0 Å². The van der Waals surface area contributed by atoms with Gasteiger partial charge in [-0.15, -0.1) is 0 Å². The molecule has 0 bridgehead atoms. The predicted molar refractivity (Wildman–Crippen MR) is 90.0 cm³/mol. The van der Waals surface area contributed by atoms with Crippen LogP contribution in [0.5, 0.6) is 0 Å². The number of hydrogen-bond acceptors (Lipinski definition) is 3. The summed E-state index contributed by atoms with van der Waals surface area (Å²) in [6.07, 6.45) is 3.98. The Morgan fingerprint density at radius 1 is 1.18 bits per heavy atom. The summed E-state index contributed by atoms with van der Waals surface area (Å²) in [7, 11) is 0. The fraction of sp³-hybridized carbons (Fsp3) is 0.333. The van der Waals surface area contributed by atoms with Crippen LogP contribution < -0.4 is 10.6 Å². The molecule has 116 valence electrons. The van der Waals surface area contributed by atoms with Gasteiger partial charge in [-0.3, -0.25) is 4.79 Å². The zero-order chi connectivity index (χ0) is 15.8. The standard InChI is InChI=1S/C18H23N3O/c1-3-4-11-19-16-9-10-17(20-13-16)18(22)21-12-15-8-6-5-7-14(15)2/h5-10,13,19H,3-4,11-12H2,1-2H3,(H,21,22). The first-order chi connectivity index (χ1) is 10.7. The highest BCUT2D eigenvalue weighted by molar-refractivity contribution is 5.92. The molecule has 2 N–H and O–H groups in total. The number of anilines is 1. The highest BCUT2D eigenvalue weighted by Gasteiger charge is 2.07. The molecule has 0 unspecified atom stereocenters. The average molecular weight is 297 g/mol. The van der Waals surface area contributed by atoms with E-state index in [1.54, 1.807) is 12.3 Å². The normalized spacial score (nSPS) is 10.3. The largest absolute Gasteiger partial charge is 0.384 e. The van der Waals surface area contributed by atoms with E-state index < -0.39 is 0 Å². The first kappa shape index (κ1) is 16.0. The quantitative estimate of drug-likeness (QED) is 0.769. The van der Waals surface area contributed by atoms with Gasteiger partial charge in [0.15, 0.2) is 0 Å². The highest BCUT2D eigenvalue weighted by Crippen LogP contribution is 2.08. The molecule has 1 heterocycles. The lowest BCUT2D eigenvalue weighted by Crippen LogP contribution is -2.24. The molecule has 2 aromatic rings. The second-order valence-corrected chi connectivity index (χ2v) is 5.32. The maximum Gasteiger partial charge on any atom is 0.270 e. The van der Waals surface area contributed by atoms with E-state index in [-0.39, 0.29) is 5.91 Å². The monoisotopic (exact) mass is 297 g/mol. The summed E-state index contributed by atoms with van der Waals surface area (Å²) < 4.78 is 0. The Labute approximate surface area is 132 Å². The van der Waals surface area contributed by atoms with Gasteiger partial charge in [0.2, 0.25) is 0 Å². The minimum Gasteiger partial charge on any atom is -0.384 e. The first-order valence-corrected chi connectivity index (χ1v) is 7.73. The Bertz CT molecular complexity index is 608. The summed E-state index contributed by atoms with van der Waals surface area (Å²) in [5.74, 6) is -0.150. The van der Waals surface area contributed by atoms with E-state index in [4.69, 9.17) is 0 Å². The fourth-order valence-electron chi connectivity index (χ4n) is 2.12. The van der Waals surface area contributed by atoms with E-state index in [0.29, 0.717) is 12.2 Å². The van der Waals surface area contributed by atoms with Gasteiger partial charge >= 0.3 is 0 Å². The van der Waals surface area contributed by atoms with Crippen LogP contribution in [0.2, 0.25) is 0 Å². The number of unbranched alkanes of at least 4 members (excludes halogenated alkanes) is 1. The SMILES string of the molecule is CCCCNc1ccc(C(=O)NCc2ccccc2C)nc1. The molecule has 1 amide bonds. The maximum absolute atomic E-state index is 12.1. The molecule has 1 aromatic carbocycles. The Kier molecular flexibility index (Phi) is 5.95. The maximum atomic E-state index is 12.1. The zero-order valence-electron chi connectivity index (χ0n) is 13.2. The number of amides is 1. The molecule has 22 heavy (non-hydrogen) atoms. The van der Waals surface area contributed by atoms with Crippen molar-refractivity contribution in [3.63, 3.8) is 0 Å². The topological polar surface area (TPSA) is 54.0 Å². The number of nitrogens with one attached hydrogen (secondary N) is 2. The lowest BCUT2D eigenvalue weighted by molar-refractivity contribution is 0.0946. The number of rotatable bonds is 7. The second-order valence-electron chi connectivity index (χ2n) is 5.32. The van der Waals surface area contributed by atoms with Crippen LogP contribution in [0.1, 0.15) is 41.4 Å². The minimum atomic E-state index is -0.150. The van der Waals surface area contributed by atoms with Crippen molar-refractivity contribution in [2.45, 2.75) is 33.2 Å². The summed E-state index contributed by atoms with van der Waals surface area (Å²) in [5.41, 5.74) is 3.68. The molecule has 2 rings (SSSR count). The van der Waals surface area contributed by atoms with Gasteiger partial charge in [0.05, 0.1) is 11.9 Å². The van der Waals surface area contributed by atoms with Crippen molar-refractivity contribution in [1.82, 2.24) is 10.3 Å². The van der Waals surface area contributed by atoms with Gasteiger partial charge in [0, 0.05) is 13.1 Å². The number of benzene rings is 1. The van der Waals surface area contributed by atoms with Gasteiger partial charge in [-0.05, 0) is 36.6 Å². The van der Waals surface area contributed by atoms with Crippen LogP contribution in [0.25, 0.3) is 0 Å². The molecule has 0 aliphatic heterocycles. The molecule has 0 saturated heterocycles. The highest BCUT2D eigenvalue weighted by atomic mass is 16.1. The smallest absolute Gasteiger partial charge is 0.270 e. The molecule has 0 aliphatic rings. The molecule has 4 nitrogen and oxygen atoms in total. The zero-order valence-corrected chi connectivity index (χ0v) is 13.2. The molecule has 0 saturated carbocycles. The molecule has 0 radical (unpaired) electrons. The third kappa shape index (κ3) is 4.58. The third-order valence-corrected chi connectivity index (χ3v) is 3.56. The Morgan fingerprint density at radius 3 is 2.68 bits per heavy atom. The van der Waals surface area contributed by atoms with Crippen molar-refractivity contribution in [3.8, 4) is 0 Å². The molecular formula is C18H23N3O. The Hall–Kier alpha value is -2.36. The number of nitrogens with zero attached hydrogens (tertiary/aromatic N) is 1. The predicted octanol–water partition coefficient (Wildman–Crippen LogP) is 3.53. The molecule has 1 aromatic heterocycles. The first-order valence-electron chi connectivity index (χ1n) is 7.73. The van der Waals surface area contributed by atoms with Crippen LogP contribution in [0.3, 0.4) is 0 Å². The van der Waals surface area contributed by atoms with E-state index in [9.17, 15) is 4.79 Å². The number of hydrogen-bond donors (Lipinski definition) is 2. The van der Waals surface area contributed by atoms with Crippen LogP contribution in [0, 0.1) is 6.92 Å². The van der Waals surface area contributed by atoms with Crippen LogP contribution >= 0.6 is 0 Å². The number of aromatic nitrogens is 1. The van der Waals surface area contributed by atoms with Gasteiger partial charge < -0.3 is 10.6 Å². The van der Waals surface area contributed by atoms with Gasteiger partial charge in [0.25, 0.3) is 5.91 Å². The molecule has 0 aliphatic carbocycles. The Morgan fingerprint density at radius 2 is 2.00 bits per heavy atom. The minimum absolute atomic E-state index is 0.150. The van der Waals surface area contributed by atoms with Gasteiger partial charge in [-0.1, -0.05) is 37.6 Å².